The van der Waals surface area contributed by atoms with Gasteiger partial charge in [-0.15, -0.1) is 0 Å². The molecule has 0 bridgehead atoms. The number of hydrogen-bond acceptors (Lipinski definition) is 3. The van der Waals surface area contributed by atoms with E-state index in [1.54, 1.807) is 17.0 Å². The van der Waals surface area contributed by atoms with Gasteiger partial charge in [-0.1, -0.05) is 0 Å². The molecule has 5 heteroatoms. The zero-order chi connectivity index (χ0) is 13.1. The molecule has 0 unspecified atom stereocenters. The van der Waals surface area contributed by atoms with E-state index in [4.69, 9.17) is 9.47 Å². The molecule has 0 spiro atoms. The first-order valence-corrected chi connectivity index (χ1v) is 5.92. The lowest BCUT2D eigenvalue weighted by Gasteiger charge is -2.16. The average Bonchev–Trinajstić information content (AvgIpc) is 2.70. The van der Waals surface area contributed by atoms with Gasteiger partial charge >= 0.3 is 6.09 Å². The summed E-state index contributed by atoms with van der Waals surface area (Å²) in [6.45, 7) is 4.67. The molecule has 2 rings (SSSR count). The molecule has 1 amide bonds. The smallest absolute Gasteiger partial charge is 0.410 e. The van der Waals surface area contributed by atoms with E-state index in [1.165, 1.54) is 12.1 Å². The summed E-state index contributed by atoms with van der Waals surface area (Å²) in [4.78, 5) is 13.1. The molecule has 98 valence electrons. The van der Waals surface area contributed by atoms with Crippen molar-refractivity contribution in [3.63, 3.8) is 0 Å². The highest BCUT2D eigenvalue weighted by Crippen LogP contribution is 2.17. The van der Waals surface area contributed by atoms with Crippen LogP contribution in [-0.4, -0.2) is 36.3 Å². The van der Waals surface area contributed by atoms with E-state index >= 15 is 0 Å². The van der Waals surface area contributed by atoms with Gasteiger partial charge in [0.2, 0.25) is 0 Å². The van der Waals surface area contributed by atoms with Crippen molar-refractivity contribution < 1.29 is 18.7 Å². The monoisotopic (exact) mass is 253 g/mol. The Morgan fingerprint density at radius 2 is 2.11 bits per heavy atom. The zero-order valence-electron chi connectivity index (χ0n) is 10.4. The molecular weight excluding hydrogens is 237 g/mol. The minimum absolute atomic E-state index is 0.119. The standard InChI is InChI=1S/C13H16FNO3/c1-9(2)15-7-12(18-13(15)16)8-17-11-5-3-10(14)4-6-11/h3-6,9,12H,7-8H2,1-2H3/t12-/m0/s1. The van der Waals surface area contributed by atoms with E-state index in [0.717, 1.165) is 0 Å². The Kier molecular flexibility index (Phi) is 3.69. The predicted molar refractivity (Wildman–Crippen MR) is 64.0 cm³/mol. The number of rotatable bonds is 4. The molecule has 4 nitrogen and oxygen atoms in total. The van der Waals surface area contributed by atoms with Gasteiger partial charge in [0.1, 0.15) is 18.2 Å². The molecule has 1 atom stereocenters. The van der Waals surface area contributed by atoms with E-state index in [-0.39, 0.29) is 30.7 Å². The van der Waals surface area contributed by atoms with Gasteiger partial charge in [0.05, 0.1) is 6.54 Å². The number of cyclic esters (lactones) is 1. The number of nitrogens with zero attached hydrogens (tertiary/aromatic N) is 1. The maximum atomic E-state index is 12.7. The predicted octanol–water partition coefficient (Wildman–Crippen LogP) is 2.43. The molecule has 1 saturated heterocycles. The van der Waals surface area contributed by atoms with Crippen LogP contribution in [0.3, 0.4) is 0 Å². The lowest BCUT2D eigenvalue weighted by Crippen LogP contribution is -2.32. The van der Waals surface area contributed by atoms with Gasteiger partial charge < -0.3 is 14.4 Å². The Morgan fingerprint density at radius 3 is 2.67 bits per heavy atom. The zero-order valence-corrected chi connectivity index (χ0v) is 10.4. The second-order valence-corrected chi connectivity index (χ2v) is 4.52. The maximum absolute atomic E-state index is 12.7. The van der Waals surface area contributed by atoms with Crippen LogP contribution in [0.1, 0.15) is 13.8 Å². The number of benzene rings is 1. The van der Waals surface area contributed by atoms with Gasteiger partial charge in [-0.3, -0.25) is 0 Å². The Bertz CT molecular complexity index is 419. The molecule has 18 heavy (non-hydrogen) atoms. The van der Waals surface area contributed by atoms with Crippen molar-refractivity contribution in [1.29, 1.82) is 0 Å². The topological polar surface area (TPSA) is 38.8 Å². The van der Waals surface area contributed by atoms with Crippen molar-refractivity contribution in [1.82, 2.24) is 4.90 Å². The molecule has 1 aliphatic rings. The van der Waals surface area contributed by atoms with Gasteiger partial charge in [-0.05, 0) is 38.1 Å². The van der Waals surface area contributed by atoms with Crippen molar-refractivity contribution in [2.45, 2.75) is 26.0 Å². The molecular formula is C13H16FNO3. The summed E-state index contributed by atoms with van der Waals surface area (Å²) in [5, 5.41) is 0. The first-order chi connectivity index (χ1) is 8.56. The summed E-state index contributed by atoms with van der Waals surface area (Å²) in [7, 11) is 0. The highest BCUT2D eigenvalue weighted by molar-refractivity contribution is 5.70. The van der Waals surface area contributed by atoms with Crippen LogP contribution in [0, 0.1) is 5.82 Å². The minimum Gasteiger partial charge on any atom is -0.490 e. The van der Waals surface area contributed by atoms with E-state index in [2.05, 4.69) is 0 Å². The second-order valence-electron chi connectivity index (χ2n) is 4.52. The van der Waals surface area contributed by atoms with Gasteiger partial charge in [0, 0.05) is 6.04 Å². The number of carbonyl (C=O) groups is 1. The average molecular weight is 253 g/mol. The second kappa shape index (κ2) is 5.25. The normalized spacial score (nSPS) is 19.2. The van der Waals surface area contributed by atoms with Crippen LogP contribution in [0.25, 0.3) is 0 Å². The van der Waals surface area contributed by atoms with Gasteiger partial charge in [0.15, 0.2) is 6.10 Å². The Hall–Kier alpha value is -1.78. The Morgan fingerprint density at radius 1 is 1.44 bits per heavy atom. The molecule has 0 aromatic heterocycles. The lowest BCUT2D eigenvalue weighted by molar-refractivity contribution is 0.102. The van der Waals surface area contributed by atoms with Gasteiger partial charge in [0.25, 0.3) is 0 Å². The van der Waals surface area contributed by atoms with Crippen LogP contribution in [0.4, 0.5) is 9.18 Å². The lowest BCUT2D eigenvalue weighted by atomic mass is 10.3. The number of halogens is 1. The summed E-state index contributed by atoms with van der Waals surface area (Å²) < 4.78 is 23.3. The third kappa shape index (κ3) is 2.91. The van der Waals surface area contributed by atoms with Gasteiger partial charge in [-0.25, -0.2) is 9.18 Å². The summed E-state index contributed by atoms with van der Waals surface area (Å²) >= 11 is 0. The van der Waals surface area contributed by atoms with Crippen LogP contribution in [-0.2, 0) is 4.74 Å². The number of ether oxygens (including phenoxy) is 2. The van der Waals surface area contributed by atoms with E-state index in [0.29, 0.717) is 12.3 Å². The maximum Gasteiger partial charge on any atom is 0.410 e. The third-order valence-electron chi connectivity index (χ3n) is 2.78. The molecule has 0 aliphatic carbocycles. The van der Waals surface area contributed by atoms with Crippen molar-refractivity contribution >= 4 is 6.09 Å². The molecule has 1 aliphatic heterocycles. The quantitative estimate of drug-likeness (QED) is 0.827. The summed E-state index contributed by atoms with van der Waals surface area (Å²) in [6.07, 6.45) is -0.581. The van der Waals surface area contributed by atoms with Crippen LogP contribution < -0.4 is 4.74 Å². The van der Waals surface area contributed by atoms with Crippen molar-refractivity contribution in [2.24, 2.45) is 0 Å². The summed E-state index contributed by atoms with van der Waals surface area (Å²) in [5.41, 5.74) is 0. The molecule has 0 radical (unpaired) electrons. The summed E-state index contributed by atoms with van der Waals surface area (Å²) in [5.74, 6) is 0.260. The van der Waals surface area contributed by atoms with E-state index < -0.39 is 0 Å². The fourth-order valence-corrected chi connectivity index (χ4v) is 1.77. The van der Waals surface area contributed by atoms with Crippen LogP contribution in [0.2, 0.25) is 0 Å². The third-order valence-corrected chi connectivity index (χ3v) is 2.78. The highest BCUT2D eigenvalue weighted by Gasteiger charge is 2.33. The summed E-state index contributed by atoms with van der Waals surface area (Å²) in [6, 6.07) is 5.87. The number of carbonyl (C=O) groups excluding carboxylic acids is 1. The van der Waals surface area contributed by atoms with E-state index in [1.807, 2.05) is 13.8 Å². The van der Waals surface area contributed by atoms with Crippen molar-refractivity contribution in [2.75, 3.05) is 13.2 Å². The largest absolute Gasteiger partial charge is 0.490 e. The minimum atomic E-state index is -0.308. The van der Waals surface area contributed by atoms with Crippen molar-refractivity contribution in [3.05, 3.63) is 30.1 Å². The molecule has 1 heterocycles. The van der Waals surface area contributed by atoms with Crippen LogP contribution >= 0.6 is 0 Å². The molecule has 0 saturated carbocycles. The highest BCUT2D eigenvalue weighted by atomic mass is 19.1. The fourth-order valence-electron chi connectivity index (χ4n) is 1.77. The van der Waals surface area contributed by atoms with Crippen LogP contribution in [0.5, 0.6) is 5.75 Å². The first-order valence-electron chi connectivity index (χ1n) is 5.92. The van der Waals surface area contributed by atoms with E-state index in [9.17, 15) is 9.18 Å². The fraction of sp³-hybridized carbons (Fsp3) is 0.462. The molecule has 0 N–H and O–H groups in total. The van der Waals surface area contributed by atoms with Gasteiger partial charge in [-0.2, -0.15) is 0 Å². The Balaban J connectivity index is 1.85. The molecule has 1 aromatic carbocycles. The first kappa shape index (κ1) is 12.7. The molecule has 1 aromatic rings. The van der Waals surface area contributed by atoms with Crippen molar-refractivity contribution in [3.8, 4) is 5.75 Å². The van der Waals surface area contributed by atoms with Crippen LogP contribution in [0.15, 0.2) is 24.3 Å². The SMILES string of the molecule is CC(C)N1C[C@@H](COc2ccc(F)cc2)OC1=O. The Labute approximate surface area is 105 Å². The number of hydrogen-bond donors (Lipinski definition) is 0. The molecule has 1 fully saturated rings. The number of amides is 1.